The summed E-state index contributed by atoms with van der Waals surface area (Å²) in [5.74, 6) is 1.95. The Bertz CT molecular complexity index is 377. The molecule has 0 fully saturated rings. The van der Waals surface area contributed by atoms with Gasteiger partial charge >= 0.3 is 5.97 Å². The van der Waals surface area contributed by atoms with Crippen molar-refractivity contribution in [3.8, 4) is 12.3 Å². The van der Waals surface area contributed by atoms with Crippen LogP contribution in [0.1, 0.15) is 15.9 Å². The number of esters is 1. The first kappa shape index (κ1) is 9.63. The Morgan fingerprint density at radius 3 is 2.77 bits per heavy atom. The first-order valence-corrected chi connectivity index (χ1v) is 3.91. The summed E-state index contributed by atoms with van der Waals surface area (Å²) in [6.07, 6.45) is 5.15. The van der Waals surface area contributed by atoms with E-state index in [-0.39, 0.29) is 0 Å². The van der Waals surface area contributed by atoms with Crippen LogP contribution in [0.3, 0.4) is 0 Å². The van der Waals surface area contributed by atoms with Gasteiger partial charge in [0.2, 0.25) is 0 Å². The van der Waals surface area contributed by atoms with Crippen molar-refractivity contribution in [2.45, 2.75) is 0 Å². The lowest BCUT2D eigenvalue weighted by atomic mass is 10.1. The molecule has 3 heteroatoms. The zero-order valence-corrected chi connectivity index (χ0v) is 7.76. The Morgan fingerprint density at radius 2 is 2.31 bits per heavy atom. The second-order valence-electron chi connectivity index (χ2n) is 2.33. The van der Waals surface area contributed by atoms with Gasteiger partial charge in [0, 0.05) is 5.56 Å². The van der Waals surface area contributed by atoms with Crippen LogP contribution in [-0.4, -0.2) is 13.1 Å². The quantitative estimate of drug-likeness (QED) is 0.506. The molecule has 0 aromatic heterocycles. The summed E-state index contributed by atoms with van der Waals surface area (Å²) in [5.41, 5.74) is 0.959. The molecule has 0 heterocycles. The highest BCUT2D eigenvalue weighted by molar-refractivity contribution is 6.33. The molecule has 0 atom stereocenters. The van der Waals surface area contributed by atoms with Crippen molar-refractivity contribution < 1.29 is 9.53 Å². The average Bonchev–Trinajstić information content (AvgIpc) is 2.16. The van der Waals surface area contributed by atoms with Gasteiger partial charge in [-0.2, -0.15) is 0 Å². The van der Waals surface area contributed by atoms with E-state index in [1.165, 1.54) is 7.11 Å². The van der Waals surface area contributed by atoms with Crippen molar-refractivity contribution in [1.82, 2.24) is 0 Å². The van der Waals surface area contributed by atoms with E-state index in [0.29, 0.717) is 16.1 Å². The third kappa shape index (κ3) is 2.01. The number of methoxy groups -OCH3 is 1. The van der Waals surface area contributed by atoms with E-state index < -0.39 is 5.97 Å². The molecule has 0 spiro atoms. The Balaban J connectivity index is 3.14. The second kappa shape index (κ2) is 3.97. The lowest BCUT2D eigenvalue weighted by molar-refractivity contribution is 0.0601. The van der Waals surface area contributed by atoms with Gasteiger partial charge in [0.15, 0.2) is 0 Å². The summed E-state index contributed by atoms with van der Waals surface area (Å²) >= 11 is 5.79. The van der Waals surface area contributed by atoms with Crippen molar-refractivity contribution in [1.29, 1.82) is 0 Å². The van der Waals surface area contributed by atoms with Crippen LogP contribution in [0.2, 0.25) is 5.02 Å². The summed E-state index contributed by atoms with van der Waals surface area (Å²) in [5, 5.41) is 0.308. The normalized spacial score (nSPS) is 9.00. The SMILES string of the molecule is C#Cc1ccc(C(=O)OC)c(Cl)c1. The minimum atomic E-state index is -0.464. The fraction of sp³-hybridized carbons (Fsp3) is 0.100. The molecular weight excluding hydrogens is 188 g/mol. The Labute approximate surface area is 81.5 Å². The van der Waals surface area contributed by atoms with E-state index in [1.807, 2.05) is 0 Å². The summed E-state index contributed by atoms with van der Waals surface area (Å²) in [7, 11) is 1.30. The summed E-state index contributed by atoms with van der Waals surface area (Å²) in [6.45, 7) is 0. The van der Waals surface area contributed by atoms with Crippen LogP contribution < -0.4 is 0 Å². The van der Waals surface area contributed by atoms with Crippen LogP contribution in [0.4, 0.5) is 0 Å². The first-order chi connectivity index (χ1) is 6.19. The number of carbonyl (C=O) groups excluding carboxylic acids is 1. The number of hydrogen-bond donors (Lipinski definition) is 0. The topological polar surface area (TPSA) is 26.3 Å². The highest BCUT2D eigenvalue weighted by atomic mass is 35.5. The van der Waals surface area contributed by atoms with Crippen molar-refractivity contribution in [3.05, 3.63) is 34.3 Å². The highest BCUT2D eigenvalue weighted by Gasteiger charge is 2.09. The van der Waals surface area contributed by atoms with Crippen LogP contribution in [0.15, 0.2) is 18.2 Å². The highest BCUT2D eigenvalue weighted by Crippen LogP contribution is 2.18. The molecule has 1 aromatic rings. The van der Waals surface area contributed by atoms with Gasteiger partial charge in [-0.3, -0.25) is 0 Å². The zero-order valence-electron chi connectivity index (χ0n) is 7.00. The number of rotatable bonds is 1. The van der Waals surface area contributed by atoms with Crippen LogP contribution in [0, 0.1) is 12.3 Å². The molecular formula is C10H7ClO2. The Morgan fingerprint density at radius 1 is 1.62 bits per heavy atom. The number of hydrogen-bond acceptors (Lipinski definition) is 2. The predicted molar refractivity (Wildman–Crippen MR) is 50.7 cm³/mol. The van der Waals surface area contributed by atoms with Crippen LogP contribution in [-0.2, 0) is 4.74 Å². The van der Waals surface area contributed by atoms with Gasteiger partial charge in [-0.25, -0.2) is 4.79 Å². The summed E-state index contributed by atoms with van der Waals surface area (Å²) in [6, 6.07) is 4.73. The van der Waals surface area contributed by atoms with Gasteiger partial charge < -0.3 is 4.74 Å². The number of halogens is 1. The van der Waals surface area contributed by atoms with Crippen molar-refractivity contribution in [2.24, 2.45) is 0 Å². The molecule has 1 rings (SSSR count). The number of ether oxygens (including phenoxy) is 1. The molecule has 0 aliphatic rings. The third-order valence-electron chi connectivity index (χ3n) is 1.54. The van der Waals surface area contributed by atoms with Crippen molar-refractivity contribution in [2.75, 3.05) is 7.11 Å². The fourth-order valence-electron chi connectivity index (χ4n) is 0.880. The van der Waals surface area contributed by atoms with Gasteiger partial charge in [0.25, 0.3) is 0 Å². The molecule has 66 valence electrons. The summed E-state index contributed by atoms with van der Waals surface area (Å²) in [4.78, 5) is 11.1. The van der Waals surface area contributed by atoms with Crippen LogP contribution in [0.25, 0.3) is 0 Å². The Kier molecular flexibility index (Phi) is 2.94. The largest absolute Gasteiger partial charge is 0.465 e. The van der Waals surface area contributed by atoms with E-state index >= 15 is 0 Å². The smallest absolute Gasteiger partial charge is 0.339 e. The first-order valence-electron chi connectivity index (χ1n) is 3.53. The molecule has 0 amide bonds. The van der Waals surface area contributed by atoms with Crippen molar-refractivity contribution >= 4 is 17.6 Å². The van der Waals surface area contributed by atoms with E-state index in [1.54, 1.807) is 18.2 Å². The second-order valence-corrected chi connectivity index (χ2v) is 2.74. The maximum atomic E-state index is 11.1. The van der Waals surface area contributed by atoms with E-state index in [4.69, 9.17) is 18.0 Å². The molecule has 2 nitrogen and oxygen atoms in total. The maximum absolute atomic E-state index is 11.1. The average molecular weight is 195 g/mol. The summed E-state index contributed by atoms with van der Waals surface area (Å²) < 4.78 is 4.52. The fourth-order valence-corrected chi connectivity index (χ4v) is 1.14. The molecule has 0 saturated heterocycles. The van der Waals surface area contributed by atoms with E-state index in [0.717, 1.165) is 0 Å². The molecule has 0 N–H and O–H groups in total. The lowest BCUT2D eigenvalue weighted by Crippen LogP contribution is -2.01. The molecule has 0 aliphatic carbocycles. The van der Waals surface area contributed by atoms with E-state index in [2.05, 4.69) is 10.7 Å². The number of terminal acetylenes is 1. The molecule has 0 aliphatic heterocycles. The van der Waals surface area contributed by atoms with Gasteiger partial charge in [0.1, 0.15) is 0 Å². The molecule has 0 saturated carbocycles. The standard InChI is InChI=1S/C10H7ClO2/c1-3-7-4-5-8(9(11)6-7)10(12)13-2/h1,4-6H,2H3. The molecule has 0 unspecified atom stereocenters. The molecule has 0 radical (unpaired) electrons. The maximum Gasteiger partial charge on any atom is 0.339 e. The van der Waals surface area contributed by atoms with Crippen LogP contribution >= 0.6 is 11.6 Å². The van der Waals surface area contributed by atoms with Crippen molar-refractivity contribution in [3.63, 3.8) is 0 Å². The molecule has 1 aromatic carbocycles. The lowest BCUT2D eigenvalue weighted by Gasteiger charge is -2.01. The van der Waals surface area contributed by atoms with Crippen LogP contribution in [0.5, 0.6) is 0 Å². The van der Waals surface area contributed by atoms with Gasteiger partial charge in [-0.1, -0.05) is 17.5 Å². The minimum absolute atomic E-state index is 0.308. The number of carbonyl (C=O) groups is 1. The molecule has 0 bridgehead atoms. The van der Waals surface area contributed by atoms with E-state index in [9.17, 15) is 4.79 Å². The molecule has 13 heavy (non-hydrogen) atoms. The monoisotopic (exact) mass is 194 g/mol. The van der Waals surface area contributed by atoms with Gasteiger partial charge in [0.05, 0.1) is 17.7 Å². The third-order valence-corrected chi connectivity index (χ3v) is 1.85. The minimum Gasteiger partial charge on any atom is -0.465 e. The Hall–Kier alpha value is -1.46. The van der Waals surface area contributed by atoms with Gasteiger partial charge in [-0.15, -0.1) is 6.42 Å². The zero-order chi connectivity index (χ0) is 9.84. The predicted octanol–water partition coefficient (Wildman–Crippen LogP) is 2.11. The number of benzene rings is 1. The van der Waals surface area contributed by atoms with Gasteiger partial charge in [-0.05, 0) is 18.2 Å².